The topological polar surface area (TPSA) is 89.4 Å². The number of imide groups is 1. The van der Waals surface area contributed by atoms with E-state index in [1.165, 1.54) is 31.5 Å². The summed E-state index contributed by atoms with van der Waals surface area (Å²) in [5.41, 5.74) is 2.77. The molecule has 1 saturated carbocycles. The molecule has 1 aliphatic carbocycles. The average molecular weight is 375 g/mol. The number of hydrogen-bond donors (Lipinski definition) is 2. The number of carbonyl (C=O) groups is 3. The van der Waals surface area contributed by atoms with E-state index >= 15 is 0 Å². The number of nitrogens with one attached hydrogen (secondary N) is 2. The SMILES string of the molecule is Cc1cc(/C=C/C(=O)O[C@H](C)C(=O)NC(=O)NC(C)(C)C)c(C)n1C1CC1. The van der Waals surface area contributed by atoms with Crippen molar-refractivity contribution < 1.29 is 19.1 Å². The number of esters is 1. The Bertz CT molecular complexity index is 767. The van der Waals surface area contributed by atoms with Crippen LogP contribution in [0.4, 0.5) is 4.79 Å². The maximum absolute atomic E-state index is 12.0. The minimum Gasteiger partial charge on any atom is -0.449 e. The number of carbonyl (C=O) groups excluding carboxylic acids is 3. The number of aromatic nitrogens is 1. The van der Waals surface area contributed by atoms with Gasteiger partial charge in [-0.05, 0) is 72.1 Å². The van der Waals surface area contributed by atoms with E-state index in [-0.39, 0.29) is 0 Å². The molecule has 2 rings (SSSR count). The summed E-state index contributed by atoms with van der Waals surface area (Å²) >= 11 is 0. The van der Waals surface area contributed by atoms with E-state index < -0.39 is 29.6 Å². The molecule has 148 valence electrons. The summed E-state index contributed by atoms with van der Waals surface area (Å²) in [7, 11) is 0. The normalized spacial score (nSPS) is 15.5. The van der Waals surface area contributed by atoms with Gasteiger partial charge in [0, 0.05) is 29.0 Å². The van der Waals surface area contributed by atoms with Crippen LogP contribution >= 0.6 is 0 Å². The molecule has 0 radical (unpaired) electrons. The number of rotatable bonds is 5. The van der Waals surface area contributed by atoms with Crippen molar-refractivity contribution in [1.82, 2.24) is 15.2 Å². The zero-order chi connectivity index (χ0) is 20.4. The molecular weight excluding hydrogens is 346 g/mol. The molecule has 0 aliphatic heterocycles. The van der Waals surface area contributed by atoms with Crippen molar-refractivity contribution in [1.29, 1.82) is 0 Å². The van der Waals surface area contributed by atoms with Crippen LogP contribution in [0.3, 0.4) is 0 Å². The minimum absolute atomic E-state index is 0.472. The molecule has 1 heterocycles. The Morgan fingerprint density at radius 2 is 1.89 bits per heavy atom. The van der Waals surface area contributed by atoms with Crippen molar-refractivity contribution in [2.75, 3.05) is 0 Å². The predicted octanol–water partition coefficient (Wildman–Crippen LogP) is 3.01. The molecule has 7 heteroatoms. The van der Waals surface area contributed by atoms with Crippen molar-refractivity contribution in [3.8, 4) is 0 Å². The average Bonchev–Trinajstić information content (AvgIpc) is 3.29. The maximum Gasteiger partial charge on any atom is 0.331 e. The van der Waals surface area contributed by atoms with Crippen molar-refractivity contribution in [3.63, 3.8) is 0 Å². The summed E-state index contributed by atoms with van der Waals surface area (Å²) in [4.78, 5) is 35.7. The highest BCUT2D eigenvalue weighted by atomic mass is 16.5. The quantitative estimate of drug-likeness (QED) is 0.611. The molecule has 0 spiro atoms. The largest absolute Gasteiger partial charge is 0.449 e. The van der Waals surface area contributed by atoms with E-state index in [1.54, 1.807) is 26.8 Å². The van der Waals surface area contributed by atoms with Gasteiger partial charge >= 0.3 is 12.0 Å². The van der Waals surface area contributed by atoms with Crippen molar-refractivity contribution in [2.24, 2.45) is 0 Å². The molecule has 1 aliphatic rings. The fourth-order valence-electron chi connectivity index (χ4n) is 2.88. The van der Waals surface area contributed by atoms with Crippen molar-refractivity contribution >= 4 is 24.0 Å². The van der Waals surface area contributed by atoms with Gasteiger partial charge < -0.3 is 14.6 Å². The van der Waals surface area contributed by atoms with Crippen LogP contribution in [0.25, 0.3) is 6.08 Å². The summed E-state index contributed by atoms with van der Waals surface area (Å²) in [5, 5.41) is 4.77. The Labute approximate surface area is 160 Å². The second kappa shape index (κ2) is 7.98. The lowest BCUT2D eigenvalue weighted by atomic mass is 10.1. The van der Waals surface area contributed by atoms with Gasteiger partial charge in [-0.25, -0.2) is 9.59 Å². The van der Waals surface area contributed by atoms with Crippen LogP contribution in [0, 0.1) is 13.8 Å². The highest BCUT2D eigenvalue weighted by Crippen LogP contribution is 2.38. The molecule has 27 heavy (non-hydrogen) atoms. The molecule has 0 aromatic carbocycles. The van der Waals surface area contributed by atoms with Gasteiger partial charge in [-0.3, -0.25) is 10.1 Å². The lowest BCUT2D eigenvalue weighted by Gasteiger charge is -2.21. The predicted molar refractivity (Wildman–Crippen MR) is 103 cm³/mol. The minimum atomic E-state index is -1.08. The molecular formula is C20H29N3O4. The van der Waals surface area contributed by atoms with E-state index in [0.29, 0.717) is 6.04 Å². The molecule has 0 saturated heterocycles. The van der Waals surface area contributed by atoms with Crippen LogP contribution in [0.5, 0.6) is 0 Å². The maximum atomic E-state index is 12.0. The van der Waals surface area contributed by atoms with Crippen LogP contribution < -0.4 is 10.6 Å². The smallest absolute Gasteiger partial charge is 0.331 e. The fraction of sp³-hybridized carbons (Fsp3) is 0.550. The van der Waals surface area contributed by atoms with Gasteiger partial charge in [0.2, 0.25) is 0 Å². The first-order valence-corrected chi connectivity index (χ1v) is 9.18. The highest BCUT2D eigenvalue weighted by molar-refractivity contribution is 5.98. The third-order valence-corrected chi connectivity index (χ3v) is 4.22. The first-order valence-electron chi connectivity index (χ1n) is 9.18. The molecule has 1 aromatic rings. The lowest BCUT2D eigenvalue weighted by molar-refractivity contribution is -0.149. The highest BCUT2D eigenvalue weighted by Gasteiger charge is 2.26. The number of aryl methyl sites for hydroxylation is 1. The second-order valence-corrected chi connectivity index (χ2v) is 8.03. The van der Waals surface area contributed by atoms with Crippen LogP contribution in [-0.4, -0.2) is 34.1 Å². The van der Waals surface area contributed by atoms with E-state index in [4.69, 9.17) is 4.74 Å². The van der Waals surface area contributed by atoms with Gasteiger partial charge in [0.15, 0.2) is 6.10 Å². The number of ether oxygens (including phenoxy) is 1. The van der Waals surface area contributed by atoms with Gasteiger partial charge in [0.1, 0.15) is 0 Å². The summed E-state index contributed by atoms with van der Waals surface area (Å²) in [5.74, 6) is -1.31. The van der Waals surface area contributed by atoms with E-state index in [0.717, 1.165) is 11.3 Å². The van der Waals surface area contributed by atoms with Gasteiger partial charge in [-0.1, -0.05) is 0 Å². The van der Waals surface area contributed by atoms with E-state index in [9.17, 15) is 14.4 Å². The van der Waals surface area contributed by atoms with E-state index in [2.05, 4.69) is 22.1 Å². The third kappa shape index (κ3) is 5.98. The third-order valence-electron chi connectivity index (χ3n) is 4.22. The molecule has 3 amide bonds. The Morgan fingerprint density at radius 3 is 2.44 bits per heavy atom. The Hall–Kier alpha value is -2.57. The number of urea groups is 1. The first kappa shape index (κ1) is 20.7. The molecule has 1 fully saturated rings. The Morgan fingerprint density at radius 1 is 1.26 bits per heavy atom. The van der Waals surface area contributed by atoms with Gasteiger partial charge in [-0.15, -0.1) is 0 Å². The van der Waals surface area contributed by atoms with Gasteiger partial charge in [0.25, 0.3) is 5.91 Å². The number of hydrogen-bond acceptors (Lipinski definition) is 4. The van der Waals surface area contributed by atoms with Crippen LogP contribution in [0.1, 0.15) is 63.5 Å². The van der Waals surface area contributed by atoms with Crippen LogP contribution in [-0.2, 0) is 14.3 Å². The summed E-state index contributed by atoms with van der Waals surface area (Å²) in [6.45, 7) is 10.9. The van der Waals surface area contributed by atoms with Crippen LogP contribution in [0.15, 0.2) is 12.1 Å². The van der Waals surface area contributed by atoms with Crippen molar-refractivity contribution in [3.05, 3.63) is 29.1 Å². The molecule has 7 nitrogen and oxygen atoms in total. The van der Waals surface area contributed by atoms with Gasteiger partial charge in [-0.2, -0.15) is 0 Å². The molecule has 1 atom stereocenters. The summed E-state index contributed by atoms with van der Waals surface area (Å²) in [6.07, 6.45) is 4.30. The monoisotopic (exact) mass is 375 g/mol. The molecule has 1 aromatic heterocycles. The number of nitrogens with zero attached hydrogens (tertiary/aromatic N) is 1. The fourth-order valence-corrected chi connectivity index (χ4v) is 2.88. The molecule has 0 bridgehead atoms. The lowest BCUT2D eigenvalue weighted by Crippen LogP contribution is -2.50. The summed E-state index contributed by atoms with van der Waals surface area (Å²) in [6, 6.07) is 1.98. The Balaban J connectivity index is 1.89. The van der Waals surface area contributed by atoms with Crippen LogP contribution in [0.2, 0.25) is 0 Å². The van der Waals surface area contributed by atoms with E-state index in [1.807, 2.05) is 13.0 Å². The molecule has 0 unspecified atom stereocenters. The van der Waals surface area contributed by atoms with Gasteiger partial charge in [0.05, 0.1) is 0 Å². The number of amides is 3. The first-order chi connectivity index (χ1) is 12.5. The van der Waals surface area contributed by atoms with Crippen molar-refractivity contribution in [2.45, 2.75) is 72.1 Å². The molecule has 2 N–H and O–H groups in total. The standard InChI is InChI=1S/C20H29N3O4/c1-12-11-15(13(2)23(12)16-8-9-16)7-10-17(24)27-14(3)18(25)21-19(26)22-20(4,5)6/h7,10-11,14,16H,8-9H2,1-6H3,(H2,21,22,25,26)/b10-7+/t14-/m1/s1. The second-order valence-electron chi connectivity index (χ2n) is 8.03. The Kier molecular flexibility index (Phi) is 6.13. The zero-order valence-corrected chi connectivity index (χ0v) is 16.9. The zero-order valence-electron chi connectivity index (χ0n) is 16.9. The summed E-state index contributed by atoms with van der Waals surface area (Å²) < 4.78 is 7.36.